The van der Waals surface area contributed by atoms with E-state index in [0.29, 0.717) is 6.04 Å². The van der Waals surface area contributed by atoms with Gasteiger partial charge >= 0.3 is 0 Å². The fourth-order valence-corrected chi connectivity index (χ4v) is 3.01. The minimum atomic E-state index is 0.212. The Labute approximate surface area is 114 Å². The number of hydrogen-bond donors (Lipinski definition) is 1. The normalized spacial score (nSPS) is 25.3. The highest BCUT2D eigenvalue weighted by Crippen LogP contribution is 2.26. The number of unbranched alkanes of at least 4 members (excludes halogenated alkanes) is 2. The van der Waals surface area contributed by atoms with Gasteiger partial charge in [0.25, 0.3) is 0 Å². The summed E-state index contributed by atoms with van der Waals surface area (Å²) in [6.07, 6.45) is 7.83. The van der Waals surface area contributed by atoms with Crippen molar-refractivity contribution < 1.29 is 0 Å². The van der Waals surface area contributed by atoms with Crippen LogP contribution >= 0.6 is 0 Å². The van der Waals surface area contributed by atoms with E-state index in [0.717, 1.165) is 6.54 Å². The van der Waals surface area contributed by atoms with E-state index >= 15 is 0 Å². The third-order valence-corrected chi connectivity index (χ3v) is 4.65. The molecule has 0 bridgehead atoms. The van der Waals surface area contributed by atoms with E-state index in [2.05, 4.69) is 37.7 Å². The van der Waals surface area contributed by atoms with Crippen molar-refractivity contribution in [1.29, 1.82) is 0 Å². The van der Waals surface area contributed by atoms with Gasteiger partial charge in [-0.15, -0.1) is 0 Å². The fourth-order valence-electron chi connectivity index (χ4n) is 3.01. The first-order chi connectivity index (χ1) is 8.53. The lowest BCUT2D eigenvalue weighted by atomic mass is 9.89. The Bertz CT molecular complexity index is 230. The molecule has 2 N–H and O–H groups in total. The Morgan fingerprint density at radius 1 is 1.33 bits per heavy atom. The number of piperidine rings is 1. The summed E-state index contributed by atoms with van der Waals surface area (Å²) >= 11 is 0. The molecule has 0 aromatic carbocycles. The first-order valence-electron chi connectivity index (χ1n) is 7.65. The van der Waals surface area contributed by atoms with Crippen LogP contribution in [0.15, 0.2) is 0 Å². The Hall–Kier alpha value is -0.120. The van der Waals surface area contributed by atoms with E-state index in [4.69, 9.17) is 5.73 Å². The predicted molar refractivity (Wildman–Crippen MR) is 79.9 cm³/mol. The van der Waals surface area contributed by atoms with E-state index in [1.807, 2.05) is 0 Å². The van der Waals surface area contributed by atoms with Crippen LogP contribution in [-0.4, -0.2) is 55.1 Å². The SMILES string of the molecule is CCCCCC(C)(CN)N1CCCC(N(C)C)C1. The van der Waals surface area contributed by atoms with Crippen molar-refractivity contribution in [1.82, 2.24) is 9.80 Å². The Morgan fingerprint density at radius 2 is 2.06 bits per heavy atom. The number of rotatable bonds is 7. The molecule has 108 valence electrons. The van der Waals surface area contributed by atoms with Gasteiger partial charge in [0.1, 0.15) is 0 Å². The maximum absolute atomic E-state index is 6.09. The standard InChI is InChI=1S/C15H33N3/c1-5-6-7-10-15(2,13-16)18-11-8-9-14(12-18)17(3)4/h14H,5-13,16H2,1-4H3. The van der Waals surface area contributed by atoms with Crippen molar-refractivity contribution in [3.63, 3.8) is 0 Å². The summed E-state index contributed by atoms with van der Waals surface area (Å²) in [6, 6.07) is 0.704. The average molecular weight is 255 g/mol. The van der Waals surface area contributed by atoms with Crippen molar-refractivity contribution in [2.45, 2.75) is 64.0 Å². The molecule has 1 aliphatic heterocycles. The zero-order chi connectivity index (χ0) is 13.6. The van der Waals surface area contributed by atoms with Crippen LogP contribution in [0.2, 0.25) is 0 Å². The van der Waals surface area contributed by atoms with Gasteiger partial charge in [0.15, 0.2) is 0 Å². The van der Waals surface area contributed by atoms with Gasteiger partial charge in [-0.1, -0.05) is 26.2 Å². The molecule has 2 atom stereocenters. The second-order valence-electron chi connectivity index (χ2n) is 6.36. The molecule has 1 rings (SSSR count). The molecule has 3 heteroatoms. The zero-order valence-corrected chi connectivity index (χ0v) is 12.9. The van der Waals surface area contributed by atoms with Gasteiger partial charge in [-0.25, -0.2) is 0 Å². The molecule has 0 aliphatic carbocycles. The van der Waals surface area contributed by atoms with Crippen LogP contribution in [0.5, 0.6) is 0 Å². The Kier molecular flexibility index (Phi) is 6.61. The molecule has 0 amide bonds. The zero-order valence-electron chi connectivity index (χ0n) is 12.9. The highest BCUT2D eigenvalue weighted by atomic mass is 15.3. The molecule has 0 aromatic rings. The number of hydrogen-bond acceptors (Lipinski definition) is 3. The van der Waals surface area contributed by atoms with Gasteiger partial charge in [-0.2, -0.15) is 0 Å². The average Bonchev–Trinajstić information content (AvgIpc) is 2.39. The fraction of sp³-hybridized carbons (Fsp3) is 1.00. The molecule has 1 fully saturated rings. The third kappa shape index (κ3) is 4.22. The summed E-state index contributed by atoms with van der Waals surface area (Å²) in [7, 11) is 4.40. The highest BCUT2D eigenvalue weighted by molar-refractivity contribution is 4.92. The topological polar surface area (TPSA) is 32.5 Å². The van der Waals surface area contributed by atoms with Gasteiger partial charge in [0, 0.05) is 24.7 Å². The lowest BCUT2D eigenvalue weighted by Gasteiger charge is -2.46. The monoisotopic (exact) mass is 255 g/mol. The van der Waals surface area contributed by atoms with Crippen molar-refractivity contribution in [3.8, 4) is 0 Å². The van der Waals surface area contributed by atoms with Crippen molar-refractivity contribution in [2.75, 3.05) is 33.7 Å². The van der Waals surface area contributed by atoms with Gasteiger partial charge in [0.05, 0.1) is 0 Å². The number of nitrogens with zero attached hydrogens (tertiary/aromatic N) is 2. The molecule has 0 saturated carbocycles. The largest absolute Gasteiger partial charge is 0.329 e. The summed E-state index contributed by atoms with van der Waals surface area (Å²) in [4.78, 5) is 5.02. The van der Waals surface area contributed by atoms with E-state index < -0.39 is 0 Å². The molecule has 1 saturated heterocycles. The molecule has 0 aromatic heterocycles. The van der Waals surface area contributed by atoms with Crippen LogP contribution in [0.4, 0.5) is 0 Å². The molecule has 0 spiro atoms. The van der Waals surface area contributed by atoms with E-state index in [-0.39, 0.29) is 5.54 Å². The Balaban J connectivity index is 2.56. The van der Waals surface area contributed by atoms with Crippen LogP contribution in [0.25, 0.3) is 0 Å². The predicted octanol–water partition coefficient (Wildman–Crippen LogP) is 2.31. The van der Waals surface area contributed by atoms with Gasteiger partial charge in [0.2, 0.25) is 0 Å². The third-order valence-electron chi connectivity index (χ3n) is 4.65. The molecule has 0 radical (unpaired) electrons. The first kappa shape index (κ1) is 15.9. The van der Waals surface area contributed by atoms with Gasteiger partial charge < -0.3 is 10.6 Å². The van der Waals surface area contributed by atoms with Crippen molar-refractivity contribution in [2.24, 2.45) is 5.73 Å². The molecule has 2 unspecified atom stereocenters. The maximum Gasteiger partial charge on any atom is 0.0304 e. The second kappa shape index (κ2) is 7.46. The van der Waals surface area contributed by atoms with E-state index in [9.17, 15) is 0 Å². The Morgan fingerprint density at radius 3 is 2.61 bits per heavy atom. The van der Waals surface area contributed by atoms with Crippen LogP contribution in [-0.2, 0) is 0 Å². The number of likely N-dealkylation sites (N-methyl/N-ethyl adjacent to an activating group) is 1. The lowest BCUT2D eigenvalue weighted by Crippen LogP contribution is -2.58. The smallest absolute Gasteiger partial charge is 0.0304 e. The molecular formula is C15H33N3. The minimum Gasteiger partial charge on any atom is -0.329 e. The molecular weight excluding hydrogens is 222 g/mol. The van der Waals surface area contributed by atoms with Crippen LogP contribution in [0, 0.1) is 0 Å². The van der Waals surface area contributed by atoms with Crippen LogP contribution in [0.3, 0.4) is 0 Å². The number of likely N-dealkylation sites (tertiary alicyclic amines) is 1. The van der Waals surface area contributed by atoms with E-state index in [1.54, 1.807) is 0 Å². The lowest BCUT2D eigenvalue weighted by molar-refractivity contribution is 0.0388. The summed E-state index contributed by atoms with van der Waals surface area (Å²) in [5.74, 6) is 0. The van der Waals surface area contributed by atoms with E-state index in [1.165, 1.54) is 51.6 Å². The molecule has 1 aliphatic rings. The minimum absolute atomic E-state index is 0.212. The van der Waals surface area contributed by atoms with Gasteiger partial charge in [-0.3, -0.25) is 4.90 Å². The van der Waals surface area contributed by atoms with Crippen LogP contribution in [0.1, 0.15) is 52.4 Å². The quantitative estimate of drug-likeness (QED) is 0.709. The molecule has 3 nitrogen and oxygen atoms in total. The van der Waals surface area contributed by atoms with Crippen LogP contribution < -0.4 is 5.73 Å². The number of nitrogens with two attached hydrogens (primary N) is 1. The highest BCUT2D eigenvalue weighted by Gasteiger charge is 2.34. The maximum atomic E-state index is 6.09. The van der Waals surface area contributed by atoms with Crippen molar-refractivity contribution >= 4 is 0 Å². The summed E-state index contributed by atoms with van der Waals surface area (Å²) in [5.41, 5.74) is 6.30. The summed E-state index contributed by atoms with van der Waals surface area (Å²) in [5, 5.41) is 0. The van der Waals surface area contributed by atoms with Crippen molar-refractivity contribution in [3.05, 3.63) is 0 Å². The first-order valence-corrected chi connectivity index (χ1v) is 7.65. The second-order valence-corrected chi connectivity index (χ2v) is 6.36. The summed E-state index contributed by atoms with van der Waals surface area (Å²) < 4.78 is 0. The molecule has 18 heavy (non-hydrogen) atoms. The van der Waals surface area contributed by atoms with Gasteiger partial charge in [-0.05, 0) is 46.8 Å². The molecule has 1 heterocycles. The summed E-state index contributed by atoms with van der Waals surface area (Å²) in [6.45, 7) is 7.83.